The fourth-order valence-corrected chi connectivity index (χ4v) is 3.29. The molecule has 0 N–H and O–H groups in total. The molecule has 0 spiro atoms. The maximum Gasteiger partial charge on any atom is 0.288 e. The Morgan fingerprint density at radius 3 is 2.81 bits per heavy atom. The number of ether oxygens (including phenoxy) is 1. The average Bonchev–Trinajstić information content (AvgIpc) is 2.60. The minimum Gasteiger partial charge on any atom is -0.472 e. The van der Waals surface area contributed by atoms with Gasteiger partial charge in [0.2, 0.25) is 5.88 Å². The van der Waals surface area contributed by atoms with Gasteiger partial charge in [-0.15, -0.1) is 0 Å². The number of nitro groups is 1. The summed E-state index contributed by atoms with van der Waals surface area (Å²) in [6, 6.07) is 5.85. The van der Waals surface area contributed by atoms with E-state index in [-0.39, 0.29) is 28.3 Å². The quantitative estimate of drug-likeness (QED) is 0.586. The topological polar surface area (TPSA) is 98.5 Å². The third kappa shape index (κ3) is 4.51. The van der Waals surface area contributed by atoms with Crippen LogP contribution in [0.15, 0.2) is 24.3 Å². The zero-order valence-electron chi connectivity index (χ0n) is 15.0. The van der Waals surface area contributed by atoms with Crippen LogP contribution in [0.3, 0.4) is 0 Å². The molecule has 0 aliphatic carbocycles. The number of hydrogen-bond donors (Lipinski definition) is 0. The molecule has 1 aromatic heterocycles. The summed E-state index contributed by atoms with van der Waals surface area (Å²) < 4.78 is 5.94. The van der Waals surface area contributed by atoms with E-state index in [0.29, 0.717) is 24.8 Å². The molecule has 142 valence electrons. The monoisotopic (exact) mass is 390 g/mol. The zero-order valence-corrected chi connectivity index (χ0v) is 15.8. The number of likely N-dealkylation sites (tertiary alicyclic amines) is 1. The minimum absolute atomic E-state index is 0.00547. The van der Waals surface area contributed by atoms with Crippen molar-refractivity contribution in [3.05, 3.63) is 56.5 Å². The average molecular weight is 391 g/mol. The summed E-state index contributed by atoms with van der Waals surface area (Å²) in [6.45, 7) is 4.62. The van der Waals surface area contributed by atoms with E-state index in [1.54, 1.807) is 17.9 Å². The number of carbonyl (C=O) groups is 1. The molecule has 3 rings (SSSR count). The first kappa shape index (κ1) is 19.0. The van der Waals surface area contributed by atoms with Gasteiger partial charge in [-0.2, -0.15) is 4.98 Å². The number of nitro benzene ring substituents is 1. The lowest BCUT2D eigenvalue weighted by Crippen LogP contribution is -2.44. The van der Waals surface area contributed by atoms with Gasteiger partial charge >= 0.3 is 0 Å². The van der Waals surface area contributed by atoms with E-state index in [1.165, 1.54) is 18.2 Å². The number of nitrogens with zero attached hydrogens (tertiary/aromatic N) is 4. The molecule has 1 aliphatic heterocycles. The maximum atomic E-state index is 12.8. The van der Waals surface area contributed by atoms with Crippen molar-refractivity contribution >= 4 is 23.2 Å². The first-order valence-electron chi connectivity index (χ1n) is 8.55. The van der Waals surface area contributed by atoms with E-state index in [9.17, 15) is 14.9 Å². The van der Waals surface area contributed by atoms with E-state index in [2.05, 4.69) is 9.97 Å². The first-order valence-corrected chi connectivity index (χ1v) is 8.93. The van der Waals surface area contributed by atoms with Gasteiger partial charge in [-0.05, 0) is 38.8 Å². The molecule has 0 radical (unpaired) electrons. The van der Waals surface area contributed by atoms with Crippen LogP contribution in [0.1, 0.15) is 34.7 Å². The number of halogens is 1. The Hall–Kier alpha value is -2.74. The SMILES string of the molecule is Cc1cc(OC2CCCN(C(=O)c3ccc(Cl)c([N+](=O)[O-])c3)C2)nc(C)n1. The Morgan fingerprint density at radius 2 is 2.11 bits per heavy atom. The summed E-state index contributed by atoms with van der Waals surface area (Å²) in [5.41, 5.74) is 0.773. The molecule has 2 heterocycles. The molecule has 1 aliphatic rings. The highest BCUT2D eigenvalue weighted by Gasteiger charge is 2.27. The van der Waals surface area contributed by atoms with Gasteiger partial charge in [0.05, 0.1) is 11.5 Å². The number of carbonyl (C=O) groups excluding carboxylic acids is 1. The van der Waals surface area contributed by atoms with Crippen LogP contribution in [0, 0.1) is 24.0 Å². The highest BCUT2D eigenvalue weighted by atomic mass is 35.5. The summed E-state index contributed by atoms with van der Waals surface area (Å²) in [5.74, 6) is 0.835. The van der Waals surface area contributed by atoms with Gasteiger partial charge in [-0.25, -0.2) is 4.98 Å². The van der Waals surface area contributed by atoms with Gasteiger partial charge in [0.15, 0.2) is 0 Å². The highest BCUT2D eigenvalue weighted by Crippen LogP contribution is 2.26. The molecule has 1 fully saturated rings. The van der Waals surface area contributed by atoms with Gasteiger partial charge < -0.3 is 9.64 Å². The van der Waals surface area contributed by atoms with Gasteiger partial charge in [0, 0.05) is 29.9 Å². The first-order chi connectivity index (χ1) is 12.8. The van der Waals surface area contributed by atoms with Crippen molar-refractivity contribution in [2.75, 3.05) is 13.1 Å². The fourth-order valence-electron chi connectivity index (χ4n) is 3.10. The van der Waals surface area contributed by atoms with Gasteiger partial charge in [-0.1, -0.05) is 11.6 Å². The summed E-state index contributed by atoms with van der Waals surface area (Å²) in [4.78, 5) is 33.4. The second-order valence-electron chi connectivity index (χ2n) is 6.45. The van der Waals surface area contributed by atoms with Crippen LogP contribution in [-0.4, -0.2) is 44.9 Å². The van der Waals surface area contributed by atoms with Gasteiger partial charge in [0.25, 0.3) is 11.6 Å². The third-order valence-electron chi connectivity index (χ3n) is 4.29. The Kier molecular flexibility index (Phi) is 5.55. The molecule has 27 heavy (non-hydrogen) atoms. The molecule has 2 aromatic rings. The summed E-state index contributed by atoms with van der Waals surface area (Å²) >= 11 is 5.82. The number of hydrogen-bond acceptors (Lipinski definition) is 6. The third-order valence-corrected chi connectivity index (χ3v) is 4.60. The van der Waals surface area contributed by atoms with Crippen molar-refractivity contribution < 1.29 is 14.5 Å². The van der Waals surface area contributed by atoms with Crippen molar-refractivity contribution in [1.29, 1.82) is 0 Å². The number of piperidine rings is 1. The van der Waals surface area contributed by atoms with Crippen LogP contribution in [0.4, 0.5) is 5.69 Å². The fraction of sp³-hybridized carbons (Fsp3) is 0.389. The molecule has 1 aromatic carbocycles. The Bertz CT molecular complexity index is 869. The lowest BCUT2D eigenvalue weighted by Gasteiger charge is -2.32. The largest absolute Gasteiger partial charge is 0.472 e. The van der Waals surface area contributed by atoms with Gasteiger partial charge in [0.1, 0.15) is 17.0 Å². The van der Waals surface area contributed by atoms with Crippen molar-refractivity contribution in [2.45, 2.75) is 32.8 Å². The van der Waals surface area contributed by atoms with E-state index in [4.69, 9.17) is 16.3 Å². The molecule has 9 heteroatoms. The van der Waals surface area contributed by atoms with Crippen LogP contribution in [0.25, 0.3) is 0 Å². The predicted molar refractivity (Wildman–Crippen MR) is 99.2 cm³/mol. The summed E-state index contributed by atoms with van der Waals surface area (Å²) in [6.07, 6.45) is 1.38. The van der Waals surface area contributed by atoms with Crippen LogP contribution in [-0.2, 0) is 0 Å². The second kappa shape index (κ2) is 7.87. The zero-order chi connectivity index (χ0) is 19.6. The number of aromatic nitrogens is 2. The Balaban J connectivity index is 1.73. The molecule has 8 nitrogen and oxygen atoms in total. The standard InChI is InChI=1S/C18H19ClN4O4/c1-11-8-17(21-12(2)20-11)27-14-4-3-7-22(10-14)18(24)13-5-6-15(19)16(9-13)23(25)26/h5-6,8-9,14H,3-4,7,10H2,1-2H3. The summed E-state index contributed by atoms with van der Waals surface area (Å²) in [5, 5.41) is 11.1. The van der Waals surface area contributed by atoms with Crippen molar-refractivity contribution in [1.82, 2.24) is 14.9 Å². The molecular formula is C18H19ClN4O4. The number of benzene rings is 1. The van der Waals surface area contributed by atoms with Crippen molar-refractivity contribution in [3.8, 4) is 5.88 Å². The van der Waals surface area contributed by atoms with E-state index in [0.717, 1.165) is 18.5 Å². The molecule has 1 unspecified atom stereocenters. The second-order valence-corrected chi connectivity index (χ2v) is 6.86. The van der Waals surface area contributed by atoms with E-state index >= 15 is 0 Å². The number of aryl methyl sites for hydroxylation is 2. The predicted octanol–water partition coefficient (Wildman–Crippen LogP) is 3.34. The van der Waals surface area contributed by atoms with E-state index < -0.39 is 4.92 Å². The summed E-state index contributed by atoms with van der Waals surface area (Å²) in [7, 11) is 0. The molecule has 0 bridgehead atoms. The highest BCUT2D eigenvalue weighted by molar-refractivity contribution is 6.32. The van der Waals surface area contributed by atoms with E-state index in [1.807, 2.05) is 6.92 Å². The smallest absolute Gasteiger partial charge is 0.288 e. The van der Waals surface area contributed by atoms with Crippen molar-refractivity contribution in [2.24, 2.45) is 0 Å². The van der Waals surface area contributed by atoms with Crippen molar-refractivity contribution in [3.63, 3.8) is 0 Å². The Labute approximate surface area is 161 Å². The molecular weight excluding hydrogens is 372 g/mol. The van der Waals surface area contributed by atoms with Crippen LogP contribution < -0.4 is 4.74 Å². The number of amides is 1. The minimum atomic E-state index is -0.596. The Morgan fingerprint density at radius 1 is 1.33 bits per heavy atom. The normalized spacial score (nSPS) is 16.9. The molecule has 1 saturated heterocycles. The van der Waals surface area contributed by atoms with Crippen LogP contribution >= 0.6 is 11.6 Å². The maximum absolute atomic E-state index is 12.8. The lowest BCUT2D eigenvalue weighted by atomic mass is 10.1. The number of rotatable bonds is 4. The molecule has 1 atom stereocenters. The molecule has 1 amide bonds. The lowest BCUT2D eigenvalue weighted by molar-refractivity contribution is -0.384. The van der Waals surface area contributed by atoms with Crippen LogP contribution in [0.5, 0.6) is 5.88 Å². The van der Waals surface area contributed by atoms with Gasteiger partial charge in [-0.3, -0.25) is 14.9 Å². The van der Waals surface area contributed by atoms with Crippen LogP contribution in [0.2, 0.25) is 5.02 Å². The molecule has 0 saturated carbocycles.